The molecular formula is C15H10BrNO. The highest BCUT2D eigenvalue weighted by Gasteiger charge is 2.06. The minimum atomic E-state index is 0.781. The van der Waals surface area contributed by atoms with Crippen LogP contribution in [0.1, 0.15) is 0 Å². The summed E-state index contributed by atoms with van der Waals surface area (Å²) in [6, 6.07) is 18.2. The smallest absolute Gasteiger partial charge is 0.166 e. The number of aromatic nitrogens is 1. The molecule has 18 heavy (non-hydrogen) atoms. The predicted octanol–water partition coefficient (Wildman–Crippen LogP) is 4.77. The number of benzene rings is 2. The van der Waals surface area contributed by atoms with Crippen LogP contribution >= 0.6 is 15.9 Å². The topological polar surface area (TPSA) is 26.0 Å². The van der Waals surface area contributed by atoms with Crippen molar-refractivity contribution in [2.45, 2.75) is 0 Å². The summed E-state index contributed by atoms with van der Waals surface area (Å²) in [4.78, 5) is 0. The van der Waals surface area contributed by atoms with Crippen molar-refractivity contribution < 1.29 is 4.52 Å². The Labute approximate surface area is 113 Å². The summed E-state index contributed by atoms with van der Waals surface area (Å²) in [6.45, 7) is 0. The van der Waals surface area contributed by atoms with E-state index in [0.29, 0.717) is 0 Å². The van der Waals surface area contributed by atoms with Crippen molar-refractivity contribution in [3.8, 4) is 22.5 Å². The Morgan fingerprint density at radius 1 is 0.889 bits per heavy atom. The highest BCUT2D eigenvalue weighted by atomic mass is 79.9. The van der Waals surface area contributed by atoms with E-state index in [1.165, 1.54) is 5.56 Å². The average Bonchev–Trinajstić information content (AvgIpc) is 2.93. The standard InChI is InChI=1S/C15H10BrNO/c16-14-7-2-1-6-13(14)11-4-3-5-12(10-11)15-8-9-17-18-15/h1-10H. The van der Waals surface area contributed by atoms with E-state index in [1.54, 1.807) is 6.20 Å². The maximum Gasteiger partial charge on any atom is 0.166 e. The van der Waals surface area contributed by atoms with E-state index in [2.05, 4.69) is 39.3 Å². The van der Waals surface area contributed by atoms with Crippen LogP contribution in [-0.4, -0.2) is 5.16 Å². The third kappa shape index (κ3) is 2.09. The molecule has 0 aliphatic carbocycles. The zero-order valence-electron chi connectivity index (χ0n) is 9.51. The summed E-state index contributed by atoms with van der Waals surface area (Å²) >= 11 is 3.57. The van der Waals surface area contributed by atoms with Crippen LogP contribution in [-0.2, 0) is 0 Å². The number of nitrogens with zero attached hydrogens (tertiary/aromatic N) is 1. The van der Waals surface area contributed by atoms with E-state index < -0.39 is 0 Å². The van der Waals surface area contributed by atoms with Crippen LogP contribution in [0.3, 0.4) is 0 Å². The van der Waals surface area contributed by atoms with Crippen LogP contribution in [0.2, 0.25) is 0 Å². The minimum absolute atomic E-state index is 0.781. The quantitative estimate of drug-likeness (QED) is 0.681. The molecule has 88 valence electrons. The molecule has 1 heterocycles. The average molecular weight is 300 g/mol. The highest BCUT2D eigenvalue weighted by molar-refractivity contribution is 9.10. The van der Waals surface area contributed by atoms with Gasteiger partial charge in [-0.1, -0.05) is 57.5 Å². The van der Waals surface area contributed by atoms with Crippen LogP contribution in [0.25, 0.3) is 22.5 Å². The number of hydrogen-bond acceptors (Lipinski definition) is 2. The molecule has 0 saturated heterocycles. The van der Waals surface area contributed by atoms with Gasteiger partial charge in [-0.15, -0.1) is 0 Å². The Balaban J connectivity index is 2.10. The molecule has 3 aromatic rings. The Morgan fingerprint density at radius 2 is 1.72 bits per heavy atom. The van der Waals surface area contributed by atoms with E-state index in [0.717, 1.165) is 21.4 Å². The second-order valence-electron chi connectivity index (χ2n) is 3.94. The maximum atomic E-state index is 5.18. The third-order valence-electron chi connectivity index (χ3n) is 2.77. The highest BCUT2D eigenvalue weighted by Crippen LogP contribution is 2.30. The predicted molar refractivity (Wildman–Crippen MR) is 75.1 cm³/mol. The van der Waals surface area contributed by atoms with Gasteiger partial charge in [-0.25, -0.2) is 0 Å². The molecule has 3 heteroatoms. The van der Waals surface area contributed by atoms with E-state index in [-0.39, 0.29) is 0 Å². The van der Waals surface area contributed by atoms with Gasteiger partial charge >= 0.3 is 0 Å². The van der Waals surface area contributed by atoms with Crippen molar-refractivity contribution >= 4 is 15.9 Å². The second kappa shape index (κ2) is 4.78. The number of halogens is 1. The van der Waals surface area contributed by atoms with Gasteiger partial charge in [0.15, 0.2) is 5.76 Å². The fraction of sp³-hybridized carbons (Fsp3) is 0. The first-order valence-corrected chi connectivity index (χ1v) is 6.40. The monoisotopic (exact) mass is 299 g/mol. The molecule has 0 N–H and O–H groups in total. The molecule has 0 aliphatic heterocycles. The molecule has 0 bridgehead atoms. The molecule has 2 nitrogen and oxygen atoms in total. The Kier molecular flexibility index (Phi) is 2.99. The van der Waals surface area contributed by atoms with Crippen molar-refractivity contribution in [3.05, 3.63) is 65.3 Å². The lowest BCUT2D eigenvalue weighted by molar-refractivity contribution is 0.432. The fourth-order valence-corrected chi connectivity index (χ4v) is 2.41. The molecule has 0 fully saturated rings. The third-order valence-corrected chi connectivity index (χ3v) is 3.46. The van der Waals surface area contributed by atoms with Crippen LogP contribution < -0.4 is 0 Å². The van der Waals surface area contributed by atoms with Gasteiger partial charge < -0.3 is 4.52 Å². The van der Waals surface area contributed by atoms with Crippen LogP contribution in [0.15, 0.2) is 69.8 Å². The normalized spacial score (nSPS) is 10.5. The van der Waals surface area contributed by atoms with Crippen LogP contribution in [0.4, 0.5) is 0 Å². The molecule has 0 amide bonds. The molecule has 0 saturated carbocycles. The lowest BCUT2D eigenvalue weighted by Gasteiger charge is -2.05. The maximum absolute atomic E-state index is 5.18. The zero-order chi connectivity index (χ0) is 12.4. The molecule has 0 unspecified atom stereocenters. The van der Waals surface area contributed by atoms with Crippen molar-refractivity contribution in [1.29, 1.82) is 0 Å². The summed E-state index contributed by atoms with van der Waals surface area (Å²) in [5.41, 5.74) is 3.34. The SMILES string of the molecule is Brc1ccccc1-c1cccc(-c2ccno2)c1. The largest absolute Gasteiger partial charge is 0.356 e. The summed E-state index contributed by atoms with van der Waals surface area (Å²) in [6.07, 6.45) is 1.65. The first kappa shape index (κ1) is 11.2. The van der Waals surface area contributed by atoms with Gasteiger partial charge in [0, 0.05) is 16.1 Å². The molecule has 1 aromatic heterocycles. The number of rotatable bonds is 2. The van der Waals surface area contributed by atoms with Crippen molar-refractivity contribution in [1.82, 2.24) is 5.16 Å². The first-order chi connectivity index (χ1) is 8.84. The van der Waals surface area contributed by atoms with Crippen molar-refractivity contribution in [2.24, 2.45) is 0 Å². The minimum Gasteiger partial charge on any atom is -0.356 e. The van der Waals surface area contributed by atoms with E-state index in [9.17, 15) is 0 Å². The van der Waals surface area contributed by atoms with E-state index in [4.69, 9.17) is 4.52 Å². The Hall–Kier alpha value is -1.87. The van der Waals surface area contributed by atoms with E-state index in [1.807, 2.05) is 36.4 Å². The summed E-state index contributed by atoms with van der Waals surface area (Å²) in [5, 5.41) is 3.73. The first-order valence-electron chi connectivity index (χ1n) is 5.60. The van der Waals surface area contributed by atoms with Gasteiger partial charge in [0.1, 0.15) is 0 Å². The summed E-state index contributed by atoms with van der Waals surface area (Å²) in [7, 11) is 0. The van der Waals surface area contributed by atoms with Crippen molar-refractivity contribution in [3.63, 3.8) is 0 Å². The van der Waals surface area contributed by atoms with Crippen LogP contribution in [0.5, 0.6) is 0 Å². The van der Waals surface area contributed by atoms with Gasteiger partial charge in [-0.3, -0.25) is 0 Å². The van der Waals surface area contributed by atoms with Gasteiger partial charge in [0.25, 0.3) is 0 Å². The number of hydrogen-bond donors (Lipinski definition) is 0. The fourth-order valence-electron chi connectivity index (χ4n) is 1.90. The lowest BCUT2D eigenvalue weighted by atomic mass is 10.0. The molecular weight excluding hydrogens is 290 g/mol. The second-order valence-corrected chi connectivity index (χ2v) is 4.79. The summed E-state index contributed by atoms with van der Waals surface area (Å²) in [5.74, 6) is 0.781. The van der Waals surface area contributed by atoms with Crippen molar-refractivity contribution in [2.75, 3.05) is 0 Å². The molecule has 0 radical (unpaired) electrons. The molecule has 0 atom stereocenters. The van der Waals surface area contributed by atoms with E-state index >= 15 is 0 Å². The lowest BCUT2D eigenvalue weighted by Crippen LogP contribution is -1.81. The molecule has 0 spiro atoms. The molecule has 3 rings (SSSR count). The zero-order valence-corrected chi connectivity index (χ0v) is 11.1. The molecule has 2 aromatic carbocycles. The van der Waals surface area contributed by atoms with Gasteiger partial charge in [-0.2, -0.15) is 0 Å². The van der Waals surface area contributed by atoms with Gasteiger partial charge in [0.2, 0.25) is 0 Å². The Morgan fingerprint density at radius 3 is 2.50 bits per heavy atom. The van der Waals surface area contributed by atoms with Crippen LogP contribution in [0, 0.1) is 0 Å². The van der Waals surface area contributed by atoms with Gasteiger partial charge in [-0.05, 0) is 23.3 Å². The van der Waals surface area contributed by atoms with Gasteiger partial charge in [0.05, 0.1) is 6.20 Å². The summed E-state index contributed by atoms with van der Waals surface area (Å²) < 4.78 is 6.26. The Bertz CT molecular complexity index is 662. The molecule has 0 aliphatic rings.